The van der Waals surface area contributed by atoms with Crippen molar-refractivity contribution in [1.82, 2.24) is 34.3 Å². The van der Waals surface area contributed by atoms with Crippen molar-refractivity contribution in [2.45, 2.75) is 25.9 Å². The van der Waals surface area contributed by atoms with Gasteiger partial charge in [-0.1, -0.05) is 37.3 Å². The maximum Gasteiger partial charge on any atom is 0.199 e. The van der Waals surface area contributed by atoms with Crippen LogP contribution in [0.25, 0.3) is 5.69 Å². The van der Waals surface area contributed by atoms with E-state index in [1.807, 2.05) is 50.7 Å². The molecule has 1 N–H and O–H groups in total. The summed E-state index contributed by atoms with van der Waals surface area (Å²) < 4.78 is 7.23. The van der Waals surface area contributed by atoms with Crippen molar-refractivity contribution in [3.63, 3.8) is 0 Å². The monoisotopic (exact) mass is 443 g/mol. The molecule has 138 valence electrons. The van der Waals surface area contributed by atoms with Crippen LogP contribution in [0.4, 0.5) is 0 Å². The van der Waals surface area contributed by atoms with Gasteiger partial charge in [0.05, 0.1) is 35.6 Å². The van der Waals surface area contributed by atoms with Gasteiger partial charge in [-0.25, -0.2) is 0 Å². The third-order valence-electron chi connectivity index (χ3n) is 4.27. The molecule has 1 atom stereocenters. The summed E-state index contributed by atoms with van der Waals surface area (Å²) in [6.07, 6.45) is 7.52. The molecule has 0 saturated heterocycles. The fraction of sp³-hybridized carbons (Fsp3) is 0.222. The minimum Gasteiger partial charge on any atom is -0.271 e. The van der Waals surface area contributed by atoms with Gasteiger partial charge in [0, 0.05) is 18.3 Å². The van der Waals surface area contributed by atoms with E-state index in [0.29, 0.717) is 17.9 Å². The lowest BCUT2D eigenvalue weighted by Gasteiger charge is -2.12. The third-order valence-corrected chi connectivity index (χ3v) is 4.95. The van der Waals surface area contributed by atoms with Crippen LogP contribution in [0.15, 0.2) is 59.6 Å². The van der Waals surface area contributed by atoms with Crippen molar-refractivity contribution in [3.8, 4) is 5.69 Å². The number of aromatic nitrogens is 7. The molecule has 0 amide bonds. The van der Waals surface area contributed by atoms with E-state index < -0.39 is 0 Å². The highest BCUT2D eigenvalue weighted by atomic mass is 79.9. The lowest BCUT2D eigenvalue weighted by atomic mass is 10.1. The number of aromatic amines is 1. The maximum atomic E-state index is 5.46. The summed E-state index contributed by atoms with van der Waals surface area (Å²) in [4.78, 5) is 0. The van der Waals surface area contributed by atoms with Gasteiger partial charge in [-0.05, 0) is 33.7 Å². The summed E-state index contributed by atoms with van der Waals surface area (Å²) in [6, 6.07) is 10.2. The van der Waals surface area contributed by atoms with Gasteiger partial charge in [0.2, 0.25) is 0 Å². The first kappa shape index (κ1) is 17.9. The van der Waals surface area contributed by atoms with Crippen molar-refractivity contribution in [1.29, 1.82) is 0 Å². The van der Waals surface area contributed by atoms with Crippen molar-refractivity contribution in [2.24, 2.45) is 0 Å². The molecule has 0 spiro atoms. The fourth-order valence-electron chi connectivity index (χ4n) is 3.01. The number of halogens is 1. The van der Waals surface area contributed by atoms with E-state index in [0.717, 1.165) is 16.0 Å². The molecule has 4 rings (SSSR count). The summed E-state index contributed by atoms with van der Waals surface area (Å²) in [7, 11) is 0. The van der Waals surface area contributed by atoms with Gasteiger partial charge >= 0.3 is 0 Å². The predicted molar refractivity (Wildman–Crippen MR) is 108 cm³/mol. The van der Waals surface area contributed by atoms with Gasteiger partial charge in [0.25, 0.3) is 0 Å². The Balaban J connectivity index is 1.59. The third kappa shape index (κ3) is 3.93. The molecule has 1 aromatic carbocycles. The van der Waals surface area contributed by atoms with Gasteiger partial charge < -0.3 is 0 Å². The smallest absolute Gasteiger partial charge is 0.199 e. The van der Waals surface area contributed by atoms with Crippen molar-refractivity contribution in [3.05, 3.63) is 75.8 Å². The second-order valence-electron chi connectivity index (χ2n) is 6.39. The van der Waals surface area contributed by atoms with Crippen LogP contribution in [0.5, 0.6) is 0 Å². The zero-order chi connectivity index (χ0) is 18.8. The van der Waals surface area contributed by atoms with E-state index in [2.05, 4.69) is 55.4 Å². The first-order valence-electron chi connectivity index (χ1n) is 8.52. The molecule has 9 heteroatoms. The molecule has 3 heterocycles. The number of H-pyrrole nitrogens is 1. The van der Waals surface area contributed by atoms with E-state index in [1.54, 1.807) is 6.20 Å². The molecule has 0 unspecified atom stereocenters. The number of benzene rings is 1. The molecule has 0 aliphatic heterocycles. The largest absolute Gasteiger partial charge is 0.271 e. The molecule has 4 aromatic rings. The van der Waals surface area contributed by atoms with E-state index in [1.165, 1.54) is 5.56 Å². The quantitative estimate of drug-likeness (QED) is 0.458. The molecule has 27 heavy (non-hydrogen) atoms. The fourth-order valence-corrected chi connectivity index (χ4v) is 3.59. The Labute approximate surface area is 169 Å². The summed E-state index contributed by atoms with van der Waals surface area (Å²) in [5.41, 5.74) is 2.09. The maximum absolute atomic E-state index is 5.46. The summed E-state index contributed by atoms with van der Waals surface area (Å²) in [5.74, 6) is 0.966. The molecule has 0 aliphatic rings. The molecule has 7 nitrogen and oxygen atoms in total. The number of hydrogen-bond acceptors (Lipinski definition) is 4. The first-order chi connectivity index (χ1) is 13.1. The zero-order valence-electron chi connectivity index (χ0n) is 14.7. The number of rotatable bonds is 6. The highest BCUT2D eigenvalue weighted by molar-refractivity contribution is 9.10. The van der Waals surface area contributed by atoms with Crippen LogP contribution < -0.4 is 0 Å². The molecule has 3 aromatic heterocycles. The number of nitrogens with zero attached hydrogens (tertiary/aromatic N) is 6. The van der Waals surface area contributed by atoms with Crippen molar-refractivity contribution in [2.75, 3.05) is 0 Å². The van der Waals surface area contributed by atoms with Crippen LogP contribution >= 0.6 is 28.1 Å². The molecule has 0 bridgehead atoms. The van der Waals surface area contributed by atoms with Gasteiger partial charge in [0.15, 0.2) is 4.77 Å². The Morgan fingerprint density at radius 2 is 1.89 bits per heavy atom. The molecular formula is C18H18BrN7S. The second kappa shape index (κ2) is 7.61. The zero-order valence-corrected chi connectivity index (χ0v) is 17.1. The summed E-state index contributed by atoms with van der Waals surface area (Å²) in [6.45, 7) is 3.51. The average Bonchev–Trinajstić information content (AvgIpc) is 3.36. The van der Waals surface area contributed by atoms with Crippen LogP contribution in [0, 0.1) is 4.77 Å². The first-order valence-corrected chi connectivity index (χ1v) is 9.72. The SMILES string of the molecule is C[C@H](Cn1cc(Br)cn1)c1n[nH]c(=S)n1-c1cnn(Cc2ccccc2)c1. The Morgan fingerprint density at radius 1 is 1.11 bits per heavy atom. The van der Waals surface area contributed by atoms with Crippen LogP contribution in [-0.4, -0.2) is 34.3 Å². The summed E-state index contributed by atoms with van der Waals surface area (Å²) >= 11 is 8.89. The topological polar surface area (TPSA) is 69.2 Å². The number of hydrogen-bond donors (Lipinski definition) is 1. The van der Waals surface area contributed by atoms with E-state index in [4.69, 9.17) is 12.2 Å². The molecule has 0 aliphatic carbocycles. The second-order valence-corrected chi connectivity index (χ2v) is 7.69. The minimum absolute atomic E-state index is 0.113. The predicted octanol–water partition coefficient (Wildman–Crippen LogP) is 3.94. The molecule has 0 fully saturated rings. The normalized spacial score (nSPS) is 12.4. The molecular weight excluding hydrogens is 426 g/mol. The van der Waals surface area contributed by atoms with Crippen LogP contribution in [0.1, 0.15) is 24.2 Å². The van der Waals surface area contributed by atoms with Crippen LogP contribution in [0.2, 0.25) is 0 Å². The Kier molecular flexibility index (Phi) is 5.04. The van der Waals surface area contributed by atoms with Crippen molar-refractivity contribution >= 4 is 28.1 Å². The van der Waals surface area contributed by atoms with Crippen LogP contribution in [0.3, 0.4) is 0 Å². The average molecular weight is 444 g/mol. The van der Waals surface area contributed by atoms with E-state index in [-0.39, 0.29) is 5.92 Å². The Hall–Kier alpha value is -2.52. The van der Waals surface area contributed by atoms with Crippen molar-refractivity contribution < 1.29 is 0 Å². The van der Waals surface area contributed by atoms with Gasteiger partial charge in [0.1, 0.15) is 5.82 Å². The highest BCUT2D eigenvalue weighted by Crippen LogP contribution is 2.20. The highest BCUT2D eigenvalue weighted by Gasteiger charge is 2.17. The summed E-state index contributed by atoms with van der Waals surface area (Å²) in [5, 5.41) is 16.2. The standard InChI is InChI=1S/C18H18BrN7S/c1-13(9-24-11-15(19)7-20-24)17-22-23-18(27)26(17)16-8-21-25(12-16)10-14-5-3-2-4-6-14/h2-8,11-13H,9-10H2,1H3,(H,23,27)/t13-/m1/s1. The number of nitrogens with one attached hydrogen (secondary N) is 1. The van der Waals surface area contributed by atoms with E-state index >= 15 is 0 Å². The Morgan fingerprint density at radius 3 is 2.63 bits per heavy atom. The van der Waals surface area contributed by atoms with Gasteiger partial charge in [-0.3, -0.25) is 19.0 Å². The van der Waals surface area contributed by atoms with Gasteiger partial charge in [-0.2, -0.15) is 15.3 Å². The Bertz CT molecular complexity index is 1090. The van der Waals surface area contributed by atoms with Gasteiger partial charge in [-0.15, -0.1) is 0 Å². The van der Waals surface area contributed by atoms with E-state index in [9.17, 15) is 0 Å². The van der Waals surface area contributed by atoms with Crippen LogP contribution in [-0.2, 0) is 13.1 Å². The lowest BCUT2D eigenvalue weighted by Crippen LogP contribution is -2.12. The minimum atomic E-state index is 0.113. The molecule has 0 saturated carbocycles. The lowest BCUT2D eigenvalue weighted by molar-refractivity contribution is 0.518. The molecule has 0 radical (unpaired) electrons.